The van der Waals surface area contributed by atoms with Gasteiger partial charge >= 0.3 is 5.97 Å². The highest BCUT2D eigenvalue weighted by Gasteiger charge is 2.29. The molecule has 9 nitrogen and oxygen atoms in total. The summed E-state index contributed by atoms with van der Waals surface area (Å²) in [6.07, 6.45) is 0. The van der Waals surface area contributed by atoms with Crippen molar-refractivity contribution in [1.82, 2.24) is 25.6 Å². The van der Waals surface area contributed by atoms with E-state index in [0.717, 1.165) is 60.8 Å². The van der Waals surface area contributed by atoms with Crippen LogP contribution in [0.2, 0.25) is 0 Å². The van der Waals surface area contributed by atoms with E-state index in [1.807, 2.05) is 65.0 Å². The lowest BCUT2D eigenvalue weighted by molar-refractivity contribution is 0.0697. The quantitative estimate of drug-likeness (QED) is 0.0862. The van der Waals surface area contributed by atoms with Crippen LogP contribution in [0.3, 0.4) is 0 Å². The highest BCUT2D eigenvalue weighted by Crippen LogP contribution is 2.46. The van der Waals surface area contributed by atoms with Gasteiger partial charge in [0.1, 0.15) is 5.75 Å². The van der Waals surface area contributed by atoms with E-state index >= 15 is 0 Å². The van der Waals surface area contributed by atoms with Crippen LogP contribution in [-0.4, -0.2) is 31.1 Å². The standard InChI is InChI=1S/C51H51N5O4/c1-25-14-18-36(46-34(25)20-16-28(4)52-46)30(6)54-32(8)43-42(57)23-22-40-45(38-12-10-11-13-39(38)51(59)60)41-24-27(3)50(58)44(49(41)56-48(40)43)33(9)55-31(7)37-19-15-26(2)35-21-17-29(5)53-47(35)37/h10-24,30-33,54-56,58H,1-9H3,(H,59,60). The third kappa shape index (κ3) is 6.97. The number of pyridine rings is 3. The second-order valence-corrected chi connectivity index (χ2v) is 16.5. The maximum Gasteiger partial charge on any atom is 0.336 e. The van der Waals surface area contributed by atoms with E-state index < -0.39 is 18.1 Å². The number of carbonyl (C=O) groups is 1. The average Bonchev–Trinajstić information content (AvgIpc) is 3.20. The zero-order valence-corrected chi connectivity index (χ0v) is 35.6. The molecule has 1 aliphatic carbocycles. The van der Waals surface area contributed by atoms with E-state index in [1.54, 1.807) is 24.3 Å². The van der Waals surface area contributed by atoms with Crippen molar-refractivity contribution in [3.8, 4) is 28.1 Å². The van der Waals surface area contributed by atoms with Crippen molar-refractivity contribution in [3.63, 3.8) is 0 Å². The maximum atomic E-state index is 14.2. The molecule has 1 aliphatic heterocycles. The predicted molar refractivity (Wildman–Crippen MR) is 242 cm³/mol. The van der Waals surface area contributed by atoms with Crippen molar-refractivity contribution < 1.29 is 15.0 Å². The summed E-state index contributed by atoms with van der Waals surface area (Å²) in [5.74, 6) is -0.952. The lowest BCUT2D eigenvalue weighted by Crippen LogP contribution is -2.28. The van der Waals surface area contributed by atoms with Crippen molar-refractivity contribution in [2.24, 2.45) is 0 Å². The van der Waals surface area contributed by atoms with Gasteiger partial charge in [-0.3, -0.25) is 14.8 Å². The van der Waals surface area contributed by atoms with E-state index in [2.05, 4.69) is 79.7 Å². The highest BCUT2D eigenvalue weighted by atomic mass is 16.4. The van der Waals surface area contributed by atoms with E-state index in [4.69, 9.17) is 9.97 Å². The number of nitrogens with one attached hydrogen (secondary N) is 3. The molecule has 0 spiro atoms. The van der Waals surface area contributed by atoms with E-state index in [-0.39, 0.29) is 28.8 Å². The molecule has 4 atom stereocenters. The lowest BCUT2D eigenvalue weighted by atomic mass is 9.85. The number of aromatic amines is 1. The molecule has 0 bridgehead atoms. The summed E-state index contributed by atoms with van der Waals surface area (Å²) in [6, 6.07) is 27.7. The van der Waals surface area contributed by atoms with Crippen LogP contribution in [0.15, 0.2) is 95.8 Å². The Bertz CT molecular complexity index is 3040. The summed E-state index contributed by atoms with van der Waals surface area (Å²) in [4.78, 5) is 40.6. The number of phenolic OH excluding ortho intramolecular Hbond substituents is 1. The number of fused-ring (bicyclic) bond motifs is 4. The minimum Gasteiger partial charge on any atom is -0.507 e. The Morgan fingerprint density at radius 3 is 1.73 bits per heavy atom. The first-order valence-corrected chi connectivity index (χ1v) is 20.6. The van der Waals surface area contributed by atoms with Crippen LogP contribution in [0, 0.1) is 34.6 Å². The molecule has 0 radical (unpaired) electrons. The van der Waals surface area contributed by atoms with Gasteiger partial charge in [0.15, 0.2) is 5.43 Å². The van der Waals surface area contributed by atoms with Gasteiger partial charge < -0.3 is 25.8 Å². The van der Waals surface area contributed by atoms with Crippen LogP contribution in [0.4, 0.5) is 0 Å². The molecule has 2 aliphatic rings. The number of aromatic nitrogens is 3. The zero-order chi connectivity index (χ0) is 42.7. The monoisotopic (exact) mass is 797 g/mol. The number of aromatic carboxylic acids is 1. The molecule has 4 aromatic carbocycles. The van der Waals surface area contributed by atoms with Crippen molar-refractivity contribution >= 4 is 38.7 Å². The number of aromatic hydroxyl groups is 1. The predicted octanol–water partition coefficient (Wildman–Crippen LogP) is 11.2. The normalized spacial score (nSPS) is 13.9. The van der Waals surface area contributed by atoms with Crippen molar-refractivity contribution in [1.29, 1.82) is 0 Å². The van der Waals surface area contributed by atoms with Crippen LogP contribution in [0.5, 0.6) is 5.75 Å². The maximum absolute atomic E-state index is 14.2. The van der Waals surface area contributed by atoms with Crippen LogP contribution < -0.4 is 16.1 Å². The number of rotatable bonds is 10. The number of H-pyrrole nitrogens is 1. The van der Waals surface area contributed by atoms with E-state index in [0.29, 0.717) is 44.6 Å². The van der Waals surface area contributed by atoms with Gasteiger partial charge in [-0.2, -0.15) is 0 Å². The van der Waals surface area contributed by atoms with Gasteiger partial charge in [0.05, 0.1) is 27.8 Å². The van der Waals surface area contributed by atoms with Crippen LogP contribution >= 0.6 is 0 Å². The molecule has 4 unspecified atom stereocenters. The van der Waals surface area contributed by atoms with Crippen LogP contribution in [-0.2, 0) is 0 Å². The number of carboxylic acids is 1. The number of aryl methyl sites for hydroxylation is 5. The third-order valence-electron chi connectivity index (χ3n) is 12.2. The number of hydrogen-bond donors (Lipinski definition) is 5. The van der Waals surface area contributed by atoms with Gasteiger partial charge in [0, 0.05) is 74.0 Å². The Kier molecular flexibility index (Phi) is 10.5. The molecule has 60 heavy (non-hydrogen) atoms. The van der Waals surface area contributed by atoms with Gasteiger partial charge in [0.25, 0.3) is 0 Å². The van der Waals surface area contributed by atoms with Gasteiger partial charge in [-0.25, -0.2) is 4.79 Å². The summed E-state index contributed by atoms with van der Waals surface area (Å²) in [5.41, 5.74) is 12.8. The number of hydrogen-bond acceptors (Lipinski definition) is 7. The minimum absolute atomic E-state index is 0.110. The summed E-state index contributed by atoms with van der Waals surface area (Å²) >= 11 is 0. The Morgan fingerprint density at radius 2 is 1.17 bits per heavy atom. The summed E-state index contributed by atoms with van der Waals surface area (Å²) in [5, 5.41) is 32.9. The fourth-order valence-electron chi connectivity index (χ4n) is 9.16. The Morgan fingerprint density at radius 1 is 0.617 bits per heavy atom. The topological polar surface area (TPSA) is 140 Å². The average molecular weight is 798 g/mol. The zero-order valence-electron chi connectivity index (χ0n) is 35.6. The molecular formula is C51H51N5O4. The first kappa shape index (κ1) is 40.4. The molecule has 0 saturated carbocycles. The molecule has 5 N–H and O–H groups in total. The molecule has 0 amide bonds. The smallest absolute Gasteiger partial charge is 0.336 e. The van der Waals surface area contributed by atoms with Crippen molar-refractivity contribution in [2.75, 3.05) is 0 Å². The lowest BCUT2D eigenvalue weighted by Gasteiger charge is -2.28. The summed E-state index contributed by atoms with van der Waals surface area (Å²) in [7, 11) is 0. The fraction of sp³-hybridized carbons (Fsp3) is 0.255. The number of carboxylic acid groups (broad SMARTS) is 1. The van der Waals surface area contributed by atoms with E-state index in [9.17, 15) is 19.8 Å². The summed E-state index contributed by atoms with van der Waals surface area (Å²) in [6.45, 7) is 18.2. The number of phenols is 1. The largest absolute Gasteiger partial charge is 0.507 e. The third-order valence-corrected chi connectivity index (χ3v) is 12.2. The fourth-order valence-corrected chi connectivity index (χ4v) is 9.16. The Balaban J connectivity index is 1.33. The molecule has 3 heterocycles. The Hall–Kier alpha value is -6.42. The molecular weight excluding hydrogens is 747 g/mol. The van der Waals surface area contributed by atoms with Gasteiger partial charge in [-0.05, 0) is 132 Å². The van der Waals surface area contributed by atoms with Gasteiger partial charge in [-0.1, -0.05) is 54.6 Å². The molecule has 6 aromatic rings. The van der Waals surface area contributed by atoms with Crippen LogP contribution in [0.25, 0.3) is 55.1 Å². The van der Waals surface area contributed by atoms with Crippen molar-refractivity contribution in [3.05, 3.63) is 157 Å². The second-order valence-electron chi connectivity index (χ2n) is 16.5. The first-order valence-electron chi connectivity index (χ1n) is 20.6. The minimum atomic E-state index is -1.06. The molecule has 0 fully saturated rings. The molecule has 304 valence electrons. The van der Waals surface area contributed by atoms with Crippen molar-refractivity contribution in [2.45, 2.75) is 86.5 Å². The van der Waals surface area contributed by atoms with Gasteiger partial charge in [0.2, 0.25) is 0 Å². The molecule has 0 saturated heterocycles. The Labute approximate surface area is 349 Å². The molecule has 2 aromatic heterocycles. The van der Waals surface area contributed by atoms with Crippen LogP contribution in [0.1, 0.15) is 113 Å². The molecule has 9 heteroatoms. The SMILES string of the molecule is Cc1ccc2c(C)ccc(C(C)NC(C)c3c4[nH]c5c(C(C)NC(C)c6ccc(C)c7ccc(C)nc67)c(O)c(C)cc5c(-c5ccccc5C(=O)O)c-4ccc3=O)c2n1. The summed E-state index contributed by atoms with van der Waals surface area (Å²) < 4.78 is 0. The number of benzene rings is 5. The van der Waals surface area contributed by atoms with E-state index in [1.165, 1.54) is 0 Å². The highest BCUT2D eigenvalue weighted by molar-refractivity contribution is 6.10. The second kappa shape index (κ2) is 15.6. The molecule has 8 rings (SSSR count). The number of nitrogens with zero attached hydrogens (tertiary/aromatic N) is 2. The first-order chi connectivity index (χ1) is 28.6. The van der Waals surface area contributed by atoms with Gasteiger partial charge in [-0.15, -0.1) is 0 Å².